The van der Waals surface area contributed by atoms with E-state index < -0.39 is 17.4 Å². The lowest BCUT2D eigenvalue weighted by Gasteiger charge is -2.09. The minimum absolute atomic E-state index is 0.251. The summed E-state index contributed by atoms with van der Waals surface area (Å²) in [5, 5.41) is 7.62. The molecule has 0 spiro atoms. The lowest BCUT2D eigenvalue weighted by Crippen LogP contribution is -2.28. The topological polar surface area (TPSA) is 108 Å². The Morgan fingerprint density at radius 3 is 2.75 bits per heavy atom. The number of anilines is 1. The zero-order chi connectivity index (χ0) is 22.7. The van der Waals surface area contributed by atoms with E-state index in [4.69, 9.17) is 16.3 Å². The first-order chi connectivity index (χ1) is 15.5. The Balaban J connectivity index is 1.55. The molecule has 2 heterocycles. The van der Waals surface area contributed by atoms with Gasteiger partial charge in [-0.3, -0.25) is 14.2 Å². The number of nitrogens with one attached hydrogen (secondary N) is 1. The fourth-order valence-corrected chi connectivity index (χ4v) is 3.37. The molecule has 32 heavy (non-hydrogen) atoms. The Bertz CT molecular complexity index is 1380. The third-order valence-corrected chi connectivity index (χ3v) is 4.93. The first-order valence-electron chi connectivity index (χ1n) is 9.73. The van der Waals surface area contributed by atoms with E-state index in [0.29, 0.717) is 27.6 Å². The quantitative estimate of drug-likeness (QED) is 0.451. The van der Waals surface area contributed by atoms with Crippen molar-refractivity contribution in [3.8, 4) is 5.69 Å². The molecular formula is C22H18ClN5O4. The highest BCUT2D eigenvalue weighted by molar-refractivity contribution is 6.32. The van der Waals surface area contributed by atoms with Crippen molar-refractivity contribution in [2.75, 3.05) is 11.9 Å². The van der Waals surface area contributed by atoms with E-state index in [1.807, 2.05) is 0 Å². The molecule has 10 heteroatoms. The average Bonchev–Trinajstić information content (AvgIpc) is 3.21. The minimum atomic E-state index is -0.481. The van der Waals surface area contributed by atoms with Gasteiger partial charge in [-0.05, 0) is 37.3 Å². The van der Waals surface area contributed by atoms with E-state index in [1.54, 1.807) is 49.4 Å². The van der Waals surface area contributed by atoms with Crippen LogP contribution in [0.3, 0.4) is 0 Å². The van der Waals surface area contributed by atoms with Gasteiger partial charge < -0.3 is 10.1 Å². The van der Waals surface area contributed by atoms with Crippen molar-refractivity contribution in [3.63, 3.8) is 0 Å². The number of esters is 1. The number of para-hydroxylation sites is 1. The van der Waals surface area contributed by atoms with Crippen LogP contribution in [0, 0.1) is 0 Å². The molecule has 0 atom stereocenters. The summed E-state index contributed by atoms with van der Waals surface area (Å²) in [7, 11) is 0. The maximum absolute atomic E-state index is 12.9. The summed E-state index contributed by atoms with van der Waals surface area (Å²) in [6.45, 7) is 1.70. The molecular weight excluding hydrogens is 434 g/mol. The standard InChI is InChI=1S/C22H18ClN5O4/c1-2-32-22(31)14-6-5-7-15(10-14)26-19(29)12-27-13-24-20-16(21(27)30)11-25-28(20)18-9-4-3-8-17(18)23/h3-11,13H,2,12H2,1H3,(H,26,29). The number of hydrogen-bond donors (Lipinski definition) is 1. The van der Waals surface area contributed by atoms with Crippen molar-refractivity contribution in [2.24, 2.45) is 0 Å². The van der Waals surface area contributed by atoms with Gasteiger partial charge in [0.25, 0.3) is 5.56 Å². The highest BCUT2D eigenvalue weighted by Crippen LogP contribution is 2.21. The number of nitrogens with zero attached hydrogens (tertiary/aromatic N) is 4. The van der Waals surface area contributed by atoms with Crippen molar-refractivity contribution in [1.82, 2.24) is 19.3 Å². The van der Waals surface area contributed by atoms with Crippen LogP contribution in [-0.4, -0.2) is 37.8 Å². The van der Waals surface area contributed by atoms with Crippen LogP contribution in [0.15, 0.2) is 65.8 Å². The molecule has 1 amide bonds. The molecule has 4 rings (SSSR count). The molecule has 0 bridgehead atoms. The average molecular weight is 452 g/mol. The van der Waals surface area contributed by atoms with E-state index in [2.05, 4.69) is 15.4 Å². The fourth-order valence-electron chi connectivity index (χ4n) is 3.15. The van der Waals surface area contributed by atoms with Gasteiger partial charge in [-0.1, -0.05) is 29.8 Å². The zero-order valence-corrected chi connectivity index (χ0v) is 17.7. The maximum Gasteiger partial charge on any atom is 0.338 e. The number of rotatable bonds is 6. The third-order valence-electron chi connectivity index (χ3n) is 4.61. The minimum Gasteiger partial charge on any atom is -0.462 e. The first kappa shape index (κ1) is 21.3. The molecule has 0 unspecified atom stereocenters. The lowest BCUT2D eigenvalue weighted by atomic mass is 10.2. The molecule has 0 saturated carbocycles. The molecule has 0 aliphatic heterocycles. The summed E-state index contributed by atoms with van der Waals surface area (Å²) in [6, 6.07) is 13.4. The molecule has 0 radical (unpaired) electrons. The van der Waals surface area contributed by atoms with Crippen LogP contribution in [0.25, 0.3) is 16.7 Å². The first-order valence-corrected chi connectivity index (χ1v) is 10.1. The van der Waals surface area contributed by atoms with Gasteiger partial charge in [0, 0.05) is 5.69 Å². The molecule has 0 saturated heterocycles. The van der Waals surface area contributed by atoms with Gasteiger partial charge >= 0.3 is 5.97 Å². The summed E-state index contributed by atoms with van der Waals surface area (Å²) < 4.78 is 7.62. The molecule has 2 aromatic heterocycles. The summed E-state index contributed by atoms with van der Waals surface area (Å²) in [5.41, 5.74) is 1.24. The number of ether oxygens (including phenoxy) is 1. The predicted octanol–water partition coefficient (Wildman–Crippen LogP) is 3.05. The van der Waals surface area contributed by atoms with Crippen LogP contribution in [0.2, 0.25) is 5.02 Å². The summed E-state index contributed by atoms with van der Waals surface area (Å²) >= 11 is 6.23. The van der Waals surface area contributed by atoms with Gasteiger partial charge in [0.15, 0.2) is 5.65 Å². The second-order valence-corrected chi connectivity index (χ2v) is 7.18. The molecule has 0 aliphatic rings. The van der Waals surface area contributed by atoms with Crippen molar-refractivity contribution >= 4 is 40.2 Å². The Kier molecular flexibility index (Phi) is 6.00. The molecule has 0 fully saturated rings. The third kappa shape index (κ3) is 4.23. The van der Waals surface area contributed by atoms with Gasteiger partial charge in [-0.2, -0.15) is 5.10 Å². The van der Waals surface area contributed by atoms with Gasteiger partial charge in [-0.25, -0.2) is 14.5 Å². The van der Waals surface area contributed by atoms with Gasteiger partial charge in [-0.15, -0.1) is 0 Å². The van der Waals surface area contributed by atoms with Crippen LogP contribution in [0.5, 0.6) is 0 Å². The van der Waals surface area contributed by atoms with Crippen molar-refractivity contribution in [1.29, 1.82) is 0 Å². The Morgan fingerprint density at radius 1 is 1.16 bits per heavy atom. The van der Waals surface area contributed by atoms with Crippen LogP contribution in [-0.2, 0) is 16.1 Å². The molecule has 1 N–H and O–H groups in total. The summed E-state index contributed by atoms with van der Waals surface area (Å²) in [5.74, 6) is -0.933. The Morgan fingerprint density at radius 2 is 1.97 bits per heavy atom. The zero-order valence-electron chi connectivity index (χ0n) is 17.0. The van der Waals surface area contributed by atoms with Gasteiger partial charge in [0.2, 0.25) is 5.91 Å². The number of benzene rings is 2. The number of halogens is 1. The highest BCUT2D eigenvalue weighted by atomic mass is 35.5. The van der Waals surface area contributed by atoms with E-state index >= 15 is 0 Å². The smallest absolute Gasteiger partial charge is 0.338 e. The van der Waals surface area contributed by atoms with Crippen molar-refractivity contribution in [3.05, 3.63) is 82.0 Å². The fraction of sp³-hybridized carbons (Fsp3) is 0.136. The largest absolute Gasteiger partial charge is 0.462 e. The van der Waals surface area contributed by atoms with E-state index in [0.717, 1.165) is 0 Å². The van der Waals surface area contributed by atoms with Crippen LogP contribution >= 0.6 is 11.6 Å². The molecule has 162 valence electrons. The van der Waals surface area contributed by atoms with Crippen molar-refractivity contribution < 1.29 is 14.3 Å². The van der Waals surface area contributed by atoms with Gasteiger partial charge in [0.05, 0.1) is 29.1 Å². The molecule has 4 aromatic rings. The van der Waals surface area contributed by atoms with Gasteiger partial charge in [0.1, 0.15) is 18.3 Å². The summed E-state index contributed by atoms with van der Waals surface area (Å²) in [4.78, 5) is 41.5. The SMILES string of the molecule is CCOC(=O)c1cccc(NC(=O)Cn2cnc3c(cnn3-c3ccccc3Cl)c2=O)c1. The van der Waals surface area contributed by atoms with E-state index in [-0.39, 0.29) is 18.5 Å². The normalized spacial score (nSPS) is 10.8. The Hall–Kier alpha value is -3.98. The Labute approximate surface area is 187 Å². The number of hydrogen-bond acceptors (Lipinski definition) is 6. The lowest BCUT2D eigenvalue weighted by molar-refractivity contribution is -0.116. The number of amides is 1. The molecule has 2 aromatic carbocycles. The van der Waals surface area contributed by atoms with Crippen LogP contribution in [0.1, 0.15) is 17.3 Å². The monoisotopic (exact) mass is 451 g/mol. The number of carbonyl (C=O) groups excluding carboxylic acids is 2. The predicted molar refractivity (Wildman–Crippen MR) is 119 cm³/mol. The second kappa shape index (κ2) is 9.03. The number of fused-ring (bicyclic) bond motifs is 1. The second-order valence-electron chi connectivity index (χ2n) is 6.77. The van der Waals surface area contributed by atoms with E-state index in [9.17, 15) is 14.4 Å². The molecule has 9 nitrogen and oxygen atoms in total. The maximum atomic E-state index is 12.9. The molecule has 0 aliphatic carbocycles. The summed E-state index contributed by atoms with van der Waals surface area (Å²) in [6.07, 6.45) is 2.68. The van der Waals surface area contributed by atoms with Crippen molar-refractivity contribution in [2.45, 2.75) is 13.5 Å². The highest BCUT2D eigenvalue weighted by Gasteiger charge is 2.15. The van der Waals surface area contributed by atoms with Crippen LogP contribution < -0.4 is 10.9 Å². The van der Waals surface area contributed by atoms with E-state index in [1.165, 1.54) is 27.8 Å². The van der Waals surface area contributed by atoms with Crippen LogP contribution in [0.4, 0.5) is 5.69 Å². The number of aromatic nitrogens is 4. The number of carbonyl (C=O) groups is 2.